The monoisotopic (exact) mass is 543 g/mol. The number of carbonyl (C=O) groups is 2. The van der Waals surface area contributed by atoms with E-state index in [1.54, 1.807) is 30.3 Å². The lowest BCUT2D eigenvalue weighted by Gasteiger charge is -2.25. The Morgan fingerprint density at radius 2 is 1.72 bits per heavy atom. The SMILES string of the molecule is COc1ccc(C2=NN(C(=O)CN(C)C(=O)c3ccc(C(F)(F)F)cc3)[C@@H](c3ccccc3F)C2)c(OC)c1. The van der Waals surface area contributed by atoms with Crippen molar-refractivity contribution in [1.82, 2.24) is 9.91 Å². The maximum absolute atomic E-state index is 14.8. The molecule has 1 aliphatic heterocycles. The van der Waals surface area contributed by atoms with Gasteiger partial charge in [0.1, 0.15) is 23.9 Å². The number of ether oxygens (including phenoxy) is 2. The molecule has 0 bridgehead atoms. The van der Waals surface area contributed by atoms with E-state index in [2.05, 4.69) is 5.10 Å². The zero-order valence-corrected chi connectivity index (χ0v) is 21.3. The van der Waals surface area contributed by atoms with Crippen LogP contribution in [0.5, 0.6) is 11.5 Å². The number of rotatable bonds is 7. The van der Waals surface area contributed by atoms with Gasteiger partial charge in [-0.1, -0.05) is 18.2 Å². The van der Waals surface area contributed by atoms with Gasteiger partial charge < -0.3 is 14.4 Å². The minimum atomic E-state index is -4.54. The zero-order chi connectivity index (χ0) is 28.3. The molecule has 2 amide bonds. The Hall–Kier alpha value is -4.41. The third kappa shape index (κ3) is 5.87. The fourth-order valence-electron chi connectivity index (χ4n) is 4.30. The van der Waals surface area contributed by atoms with Crippen LogP contribution in [-0.4, -0.2) is 55.2 Å². The van der Waals surface area contributed by atoms with Crippen molar-refractivity contribution < 1.29 is 36.6 Å². The summed E-state index contributed by atoms with van der Waals surface area (Å²) in [5.74, 6) is -0.777. The summed E-state index contributed by atoms with van der Waals surface area (Å²) >= 11 is 0. The molecule has 0 aromatic heterocycles. The second-order valence-corrected chi connectivity index (χ2v) is 8.83. The maximum atomic E-state index is 14.8. The van der Waals surface area contributed by atoms with Crippen LogP contribution in [0.1, 0.15) is 39.5 Å². The van der Waals surface area contributed by atoms with E-state index in [9.17, 15) is 27.2 Å². The highest BCUT2D eigenvalue weighted by atomic mass is 19.4. The van der Waals surface area contributed by atoms with Crippen LogP contribution in [0.15, 0.2) is 71.8 Å². The Morgan fingerprint density at radius 1 is 1.03 bits per heavy atom. The Bertz CT molecular complexity index is 1410. The van der Waals surface area contributed by atoms with E-state index in [0.29, 0.717) is 22.8 Å². The summed E-state index contributed by atoms with van der Waals surface area (Å²) in [4.78, 5) is 27.3. The molecule has 0 saturated heterocycles. The number of carbonyl (C=O) groups excluding carboxylic acids is 2. The molecular formula is C28H25F4N3O4. The molecule has 39 heavy (non-hydrogen) atoms. The van der Waals surface area contributed by atoms with Gasteiger partial charge in [0.05, 0.1) is 31.5 Å². The molecule has 3 aromatic carbocycles. The molecule has 0 fully saturated rings. The molecule has 0 spiro atoms. The van der Waals surface area contributed by atoms with Crippen molar-refractivity contribution in [1.29, 1.82) is 0 Å². The van der Waals surface area contributed by atoms with Crippen molar-refractivity contribution in [2.24, 2.45) is 5.10 Å². The summed E-state index contributed by atoms with van der Waals surface area (Å²) < 4.78 is 64.1. The topological polar surface area (TPSA) is 71.4 Å². The van der Waals surface area contributed by atoms with Crippen molar-refractivity contribution in [3.8, 4) is 11.5 Å². The number of hydrogen-bond donors (Lipinski definition) is 0. The fourth-order valence-corrected chi connectivity index (χ4v) is 4.30. The third-order valence-electron chi connectivity index (χ3n) is 6.33. The van der Waals surface area contributed by atoms with Crippen LogP contribution >= 0.6 is 0 Å². The molecule has 0 N–H and O–H groups in total. The smallest absolute Gasteiger partial charge is 0.416 e. The number of likely N-dealkylation sites (N-methyl/N-ethyl adjacent to an activating group) is 1. The molecule has 3 aromatic rings. The molecule has 0 unspecified atom stereocenters. The van der Waals surface area contributed by atoms with E-state index in [4.69, 9.17) is 9.47 Å². The molecule has 0 radical (unpaired) electrons. The fraction of sp³-hybridized carbons (Fsp3) is 0.250. The number of hydrazone groups is 1. The first-order valence-corrected chi connectivity index (χ1v) is 11.8. The van der Waals surface area contributed by atoms with Crippen molar-refractivity contribution in [2.45, 2.75) is 18.6 Å². The lowest BCUT2D eigenvalue weighted by atomic mass is 9.97. The van der Waals surface area contributed by atoms with E-state index in [0.717, 1.165) is 34.2 Å². The number of methoxy groups -OCH3 is 2. The highest BCUT2D eigenvalue weighted by Crippen LogP contribution is 2.37. The largest absolute Gasteiger partial charge is 0.497 e. The van der Waals surface area contributed by atoms with E-state index < -0.39 is 42.0 Å². The highest BCUT2D eigenvalue weighted by Gasteiger charge is 2.36. The molecule has 0 aliphatic carbocycles. The normalized spacial score (nSPS) is 15.1. The van der Waals surface area contributed by atoms with Crippen LogP contribution in [-0.2, 0) is 11.0 Å². The summed E-state index contributed by atoms with van der Waals surface area (Å²) in [6, 6.07) is 14.0. The van der Waals surface area contributed by atoms with Crippen LogP contribution in [0.25, 0.3) is 0 Å². The van der Waals surface area contributed by atoms with Gasteiger partial charge in [-0.2, -0.15) is 18.3 Å². The van der Waals surface area contributed by atoms with Crippen molar-refractivity contribution >= 4 is 17.5 Å². The van der Waals surface area contributed by atoms with Gasteiger partial charge >= 0.3 is 6.18 Å². The van der Waals surface area contributed by atoms with Gasteiger partial charge in [-0.25, -0.2) is 9.40 Å². The molecule has 7 nitrogen and oxygen atoms in total. The van der Waals surface area contributed by atoms with Gasteiger partial charge in [0, 0.05) is 36.2 Å². The van der Waals surface area contributed by atoms with Gasteiger partial charge in [-0.05, 0) is 42.5 Å². The van der Waals surface area contributed by atoms with Crippen molar-refractivity contribution in [3.63, 3.8) is 0 Å². The molecule has 1 aliphatic rings. The van der Waals surface area contributed by atoms with Gasteiger partial charge in [0.2, 0.25) is 0 Å². The zero-order valence-electron chi connectivity index (χ0n) is 21.3. The predicted octanol–water partition coefficient (Wildman–Crippen LogP) is 5.31. The minimum Gasteiger partial charge on any atom is -0.497 e. The van der Waals surface area contributed by atoms with E-state index in [1.165, 1.54) is 33.4 Å². The number of amides is 2. The summed E-state index contributed by atoms with van der Waals surface area (Å²) in [5, 5.41) is 5.63. The van der Waals surface area contributed by atoms with Crippen LogP contribution in [0.2, 0.25) is 0 Å². The highest BCUT2D eigenvalue weighted by molar-refractivity contribution is 6.05. The lowest BCUT2D eigenvalue weighted by molar-refractivity contribution is -0.137. The minimum absolute atomic E-state index is 0.0162. The first-order chi connectivity index (χ1) is 18.5. The standard InChI is InChI=1S/C28H25F4N3O4/c1-34(27(37)17-8-10-18(11-9-17)28(30,31)32)16-26(36)35-24(20-6-4-5-7-22(20)29)15-23(33-35)21-13-12-19(38-2)14-25(21)39-3/h4-14,24H,15-16H2,1-3H3/t24-/m1/s1. The van der Waals surface area contributed by atoms with Crippen LogP contribution in [0, 0.1) is 5.82 Å². The molecular weight excluding hydrogens is 518 g/mol. The lowest BCUT2D eigenvalue weighted by Crippen LogP contribution is -2.39. The molecule has 204 valence electrons. The van der Waals surface area contributed by atoms with Crippen molar-refractivity contribution in [2.75, 3.05) is 27.8 Å². The second-order valence-electron chi connectivity index (χ2n) is 8.83. The Balaban J connectivity index is 1.61. The average Bonchev–Trinajstić information content (AvgIpc) is 3.37. The second kappa shape index (κ2) is 11.1. The number of alkyl halides is 3. The van der Waals surface area contributed by atoms with Gasteiger partial charge in [-0.3, -0.25) is 9.59 Å². The predicted molar refractivity (Wildman–Crippen MR) is 135 cm³/mol. The summed E-state index contributed by atoms with van der Waals surface area (Å²) in [6.07, 6.45) is -4.37. The van der Waals surface area contributed by atoms with Crippen molar-refractivity contribution in [3.05, 3.63) is 94.8 Å². The molecule has 0 saturated carbocycles. The van der Waals surface area contributed by atoms with Crippen LogP contribution in [0.3, 0.4) is 0 Å². The molecule has 11 heteroatoms. The maximum Gasteiger partial charge on any atom is 0.416 e. The van der Waals surface area contributed by atoms with E-state index in [-0.39, 0.29) is 17.5 Å². The number of hydrogen-bond acceptors (Lipinski definition) is 5. The van der Waals surface area contributed by atoms with Crippen LogP contribution < -0.4 is 9.47 Å². The van der Waals surface area contributed by atoms with Gasteiger partial charge in [0.15, 0.2) is 0 Å². The summed E-state index contributed by atoms with van der Waals surface area (Å²) in [7, 11) is 4.34. The van der Waals surface area contributed by atoms with E-state index in [1.807, 2.05) is 0 Å². The van der Waals surface area contributed by atoms with Gasteiger partial charge in [-0.15, -0.1) is 0 Å². The van der Waals surface area contributed by atoms with Crippen LogP contribution in [0.4, 0.5) is 17.6 Å². The number of benzene rings is 3. The third-order valence-corrected chi connectivity index (χ3v) is 6.33. The van der Waals surface area contributed by atoms with Gasteiger partial charge in [0.25, 0.3) is 11.8 Å². The quantitative estimate of drug-likeness (QED) is 0.379. The first-order valence-electron chi connectivity index (χ1n) is 11.8. The Labute approximate surface area is 222 Å². The number of nitrogens with zero attached hydrogens (tertiary/aromatic N) is 3. The Kier molecular flexibility index (Phi) is 7.89. The average molecular weight is 544 g/mol. The molecule has 4 rings (SSSR count). The molecule has 1 heterocycles. The van der Waals surface area contributed by atoms with E-state index >= 15 is 0 Å². The number of halogens is 4. The Morgan fingerprint density at radius 3 is 2.33 bits per heavy atom. The summed E-state index contributed by atoms with van der Waals surface area (Å²) in [5.41, 5.74) is 0.390. The summed E-state index contributed by atoms with van der Waals surface area (Å²) in [6.45, 7) is -0.443. The molecule has 1 atom stereocenters. The first kappa shape index (κ1) is 27.6.